The molecule has 0 aliphatic rings. The lowest BCUT2D eigenvalue weighted by Crippen LogP contribution is -2.19. The van der Waals surface area contributed by atoms with Crippen molar-refractivity contribution in [3.8, 4) is 11.3 Å². The highest BCUT2D eigenvalue weighted by molar-refractivity contribution is 7.80. The second kappa shape index (κ2) is 5.25. The first kappa shape index (κ1) is 14.5. The maximum Gasteiger partial charge on any atom is 0.168 e. The van der Waals surface area contributed by atoms with E-state index in [0.717, 1.165) is 33.8 Å². The molecule has 0 radical (unpaired) electrons. The van der Waals surface area contributed by atoms with Gasteiger partial charge in [-0.2, -0.15) is 5.10 Å². The monoisotopic (exact) mass is 288 g/mol. The molecule has 0 bridgehead atoms. The Morgan fingerprint density at radius 2 is 1.90 bits per heavy atom. The average Bonchev–Trinajstić information content (AvgIpc) is 2.55. The predicted molar refractivity (Wildman–Crippen MR) is 88.0 cm³/mol. The molecule has 0 aliphatic heterocycles. The van der Waals surface area contributed by atoms with Crippen LogP contribution < -0.4 is 11.1 Å². The second-order valence-corrected chi connectivity index (χ2v) is 5.62. The number of thiocarbonyl (C=S) groups is 1. The van der Waals surface area contributed by atoms with Gasteiger partial charge in [0.05, 0.1) is 11.4 Å². The molecule has 0 unspecified atom stereocenters. The lowest BCUT2D eigenvalue weighted by atomic mass is 9.98. The number of aromatic nitrogens is 2. The maximum absolute atomic E-state index is 5.64. The number of hydrogen-bond acceptors (Lipinski definition) is 2. The molecule has 4 nitrogen and oxygen atoms in total. The van der Waals surface area contributed by atoms with Gasteiger partial charge < -0.3 is 11.1 Å². The van der Waals surface area contributed by atoms with Crippen LogP contribution in [-0.2, 0) is 7.05 Å². The molecule has 1 aromatic carbocycles. The molecule has 3 N–H and O–H groups in total. The van der Waals surface area contributed by atoms with Gasteiger partial charge in [0.2, 0.25) is 0 Å². The van der Waals surface area contributed by atoms with Crippen LogP contribution in [0.15, 0.2) is 12.1 Å². The van der Waals surface area contributed by atoms with Gasteiger partial charge in [0, 0.05) is 18.3 Å². The summed E-state index contributed by atoms with van der Waals surface area (Å²) in [5.41, 5.74) is 13.2. The highest BCUT2D eigenvalue weighted by Crippen LogP contribution is 2.34. The van der Waals surface area contributed by atoms with Crippen LogP contribution in [0.4, 0.5) is 5.69 Å². The fraction of sp³-hybridized carbons (Fsp3) is 0.333. The standard InChI is InChI=1S/C15H20N4S/c1-8-6-9(2)13(12(7-8)17-15(16)20)14-10(3)11(4)19(5)18-14/h6-7H,1-5H3,(H3,16,17,20). The molecule has 1 aromatic heterocycles. The van der Waals surface area contributed by atoms with Gasteiger partial charge in [0.25, 0.3) is 0 Å². The molecule has 0 spiro atoms. The Morgan fingerprint density at radius 3 is 2.40 bits per heavy atom. The Balaban J connectivity index is 2.71. The predicted octanol–water partition coefficient (Wildman–Crippen LogP) is 2.98. The topological polar surface area (TPSA) is 55.9 Å². The summed E-state index contributed by atoms with van der Waals surface area (Å²) in [6.07, 6.45) is 0. The minimum Gasteiger partial charge on any atom is -0.376 e. The van der Waals surface area contributed by atoms with Crippen LogP contribution in [0.25, 0.3) is 11.3 Å². The molecule has 106 valence electrons. The first-order chi connectivity index (χ1) is 9.31. The normalized spacial score (nSPS) is 10.7. The minimum absolute atomic E-state index is 0.265. The highest BCUT2D eigenvalue weighted by Gasteiger charge is 2.17. The number of hydrogen-bond donors (Lipinski definition) is 2. The fourth-order valence-electron chi connectivity index (χ4n) is 2.46. The van der Waals surface area contributed by atoms with E-state index >= 15 is 0 Å². The fourth-order valence-corrected chi connectivity index (χ4v) is 2.57. The summed E-state index contributed by atoms with van der Waals surface area (Å²) in [6, 6.07) is 4.19. The van der Waals surface area contributed by atoms with Crippen LogP contribution in [-0.4, -0.2) is 14.9 Å². The van der Waals surface area contributed by atoms with Gasteiger partial charge in [-0.3, -0.25) is 4.68 Å². The van der Waals surface area contributed by atoms with Crippen LogP contribution in [0.5, 0.6) is 0 Å². The van der Waals surface area contributed by atoms with Gasteiger partial charge in [-0.1, -0.05) is 6.07 Å². The van der Waals surface area contributed by atoms with E-state index in [9.17, 15) is 0 Å². The van der Waals surface area contributed by atoms with Gasteiger partial charge >= 0.3 is 0 Å². The van der Waals surface area contributed by atoms with Crippen molar-refractivity contribution in [2.24, 2.45) is 12.8 Å². The van der Waals surface area contributed by atoms with Crippen LogP contribution in [0, 0.1) is 27.7 Å². The Hall–Kier alpha value is -1.88. The number of anilines is 1. The number of rotatable bonds is 2. The van der Waals surface area contributed by atoms with Crippen LogP contribution in [0.1, 0.15) is 22.4 Å². The van der Waals surface area contributed by atoms with Crippen LogP contribution in [0.3, 0.4) is 0 Å². The quantitative estimate of drug-likeness (QED) is 0.834. The van der Waals surface area contributed by atoms with E-state index in [0.29, 0.717) is 0 Å². The highest BCUT2D eigenvalue weighted by atomic mass is 32.1. The van der Waals surface area contributed by atoms with Crippen molar-refractivity contribution < 1.29 is 0 Å². The van der Waals surface area contributed by atoms with Crippen molar-refractivity contribution in [3.63, 3.8) is 0 Å². The van der Waals surface area contributed by atoms with Crippen LogP contribution in [0.2, 0.25) is 0 Å². The molecular weight excluding hydrogens is 268 g/mol. The van der Waals surface area contributed by atoms with E-state index in [1.54, 1.807) is 0 Å². The summed E-state index contributed by atoms with van der Waals surface area (Å²) in [5.74, 6) is 0. The van der Waals surface area contributed by atoms with Gasteiger partial charge in [-0.15, -0.1) is 0 Å². The molecule has 0 amide bonds. The van der Waals surface area contributed by atoms with Gasteiger partial charge in [-0.05, 0) is 62.7 Å². The van der Waals surface area contributed by atoms with E-state index in [4.69, 9.17) is 18.0 Å². The van der Waals surface area contributed by atoms with Crippen LogP contribution >= 0.6 is 12.2 Å². The molecule has 20 heavy (non-hydrogen) atoms. The molecule has 0 aliphatic carbocycles. The number of aryl methyl sites for hydroxylation is 3. The molecule has 2 rings (SSSR count). The number of nitrogens with two attached hydrogens (primary N) is 1. The number of benzene rings is 1. The molecule has 0 saturated carbocycles. The van der Waals surface area contributed by atoms with E-state index in [2.05, 4.69) is 44.2 Å². The van der Waals surface area contributed by atoms with Crippen molar-refractivity contribution in [2.45, 2.75) is 27.7 Å². The summed E-state index contributed by atoms with van der Waals surface area (Å²) in [7, 11) is 1.95. The zero-order valence-corrected chi connectivity index (χ0v) is 13.4. The summed E-state index contributed by atoms with van der Waals surface area (Å²) in [5, 5.41) is 7.97. The Bertz CT molecular complexity index is 686. The van der Waals surface area contributed by atoms with Crippen molar-refractivity contribution in [2.75, 3.05) is 5.32 Å². The smallest absolute Gasteiger partial charge is 0.168 e. The molecule has 0 fully saturated rings. The lowest BCUT2D eigenvalue weighted by molar-refractivity contribution is 0.741. The summed E-state index contributed by atoms with van der Waals surface area (Å²) in [4.78, 5) is 0. The van der Waals surface area contributed by atoms with Crippen molar-refractivity contribution in [3.05, 3.63) is 34.5 Å². The third-order valence-corrected chi connectivity index (χ3v) is 3.71. The van der Waals surface area contributed by atoms with Gasteiger partial charge in [0.15, 0.2) is 5.11 Å². The summed E-state index contributed by atoms with van der Waals surface area (Å²) >= 11 is 4.98. The first-order valence-corrected chi connectivity index (χ1v) is 6.90. The van der Waals surface area contributed by atoms with E-state index in [-0.39, 0.29) is 5.11 Å². The summed E-state index contributed by atoms with van der Waals surface area (Å²) in [6.45, 7) is 8.28. The van der Waals surface area contributed by atoms with E-state index in [1.165, 1.54) is 5.56 Å². The third-order valence-electron chi connectivity index (χ3n) is 3.61. The zero-order chi connectivity index (χ0) is 15.0. The van der Waals surface area contributed by atoms with Crippen molar-refractivity contribution in [1.29, 1.82) is 0 Å². The Morgan fingerprint density at radius 1 is 1.25 bits per heavy atom. The number of nitrogens with one attached hydrogen (secondary N) is 1. The van der Waals surface area contributed by atoms with Gasteiger partial charge in [0.1, 0.15) is 0 Å². The SMILES string of the molecule is Cc1cc(C)c(-c2nn(C)c(C)c2C)c(NC(N)=S)c1. The van der Waals surface area contributed by atoms with E-state index < -0.39 is 0 Å². The summed E-state index contributed by atoms with van der Waals surface area (Å²) < 4.78 is 1.90. The molecule has 0 atom stereocenters. The zero-order valence-electron chi connectivity index (χ0n) is 12.5. The van der Waals surface area contributed by atoms with Crippen molar-refractivity contribution >= 4 is 23.0 Å². The molecular formula is C15H20N4S. The van der Waals surface area contributed by atoms with E-state index in [1.807, 2.05) is 17.8 Å². The molecule has 1 heterocycles. The number of nitrogens with zero attached hydrogens (tertiary/aromatic N) is 2. The maximum atomic E-state index is 5.64. The lowest BCUT2D eigenvalue weighted by Gasteiger charge is -2.14. The molecule has 2 aromatic rings. The Labute approximate surface area is 125 Å². The Kier molecular flexibility index (Phi) is 3.81. The molecule has 0 saturated heterocycles. The largest absolute Gasteiger partial charge is 0.376 e. The third kappa shape index (κ3) is 2.54. The first-order valence-electron chi connectivity index (χ1n) is 6.49. The average molecular weight is 288 g/mol. The molecule has 5 heteroatoms. The van der Waals surface area contributed by atoms with Gasteiger partial charge in [-0.25, -0.2) is 0 Å². The second-order valence-electron chi connectivity index (χ2n) is 5.18. The van der Waals surface area contributed by atoms with Crippen molar-refractivity contribution in [1.82, 2.24) is 9.78 Å². The minimum atomic E-state index is 0.265.